The third-order valence-electron chi connectivity index (χ3n) is 3.81. The van der Waals surface area contributed by atoms with E-state index < -0.39 is 0 Å². The molecular formula is C16H24N2O2. The lowest BCUT2D eigenvalue weighted by Gasteiger charge is -2.22. The second kappa shape index (κ2) is 7.78. The van der Waals surface area contributed by atoms with Gasteiger partial charge in [-0.2, -0.15) is 0 Å². The minimum absolute atomic E-state index is 0.0493. The molecule has 2 amide bonds. The standard InChI is InChI=1S/C16H24N2O2/c1-20-15-10-6-5-7-13(15)11-12-17-16(19)18-14-8-3-2-4-9-14/h5-7,10,14H,2-4,8-9,11-12H2,1H3,(H2,17,18,19). The molecule has 1 saturated carbocycles. The maximum Gasteiger partial charge on any atom is 0.315 e. The number of nitrogens with one attached hydrogen (secondary N) is 2. The molecule has 0 aromatic heterocycles. The fourth-order valence-electron chi connectivity index (χ4n) is 2.70. The summed E-state index contributed by atoms with van der Waals surface area (Å²) in [5, 5.41) is 5.98. The van der Waals surface area contributed by atoms with Gasteiger partial charge in [-0.05, 0) is 30.9 Å². The number of hydrogen-bond donors (Lipinski definition) is 2. The second-order valence-corrected chi connectivity index (χ2v) is 5.30. The van der Waals surface area contributed by atoms with Crippen molar-refractivity contribution < 1.29 is 9.53 Å². The van der Waals surface area contributed by atoms with E-state index in [2.05, 4.69) is 10.6 Å². The smallest absolute Gasteiger partial charge is 0.315 e. The Labute approximate surface area is 120 Å². The summed E-state index contributed by atoms with van der Waals surface area (Å²) in [5.41, 5.74) is 1.12. The van der Waals surface area contributed by atoms with Crippen molar-refractivity contribution in [3.8, 4) is 5.75 Å². The van der Waals surface area contributed by atoms with Crippen LogP contribution in [0.2, 0.25) is 0 Å². The van der Waals surface area contributed by atoms with E-state index in [1.54, 1.807) is 7.11 Å². The van der Waals surface area contributed by atoms with Crippen molar-refractivity contribution in [3.63, 3.8) is 0 Å². The number of amides is 2. The van der Waals surface area contributed by atoms with Crippen molar-refractivity contribution in [1.82, 2.24) is 10.6 Å². The van der Waals surface area contributed by atoms with E-state index in [0.717, 1.165) is 30.6 Å². The lowest BCUT2D eigenvalue weighted by atomic mass is 9.96. The number of carbonyl (C=O) groups is 1. The molecule has 2 N–H and O–H groups in total. The van der Waals surface area contributed by atoms with Gasteiger partial charge in [0.15, 0.2) is 0 Å². The summed E-state index contributed by atoms with van der Waals surface area (Å²) in [6.07, 6.45) is 6.76. The van der Waals surface area contributed by atoms with Crippen molar-refractivity contribution in [2.45, 2.75) is 44.6 Å². The first-order valence-corrected chi connectivity index (χ1v) is 7.46. The second-order valence-electron chi connectivity index (χ2n) is 5.30. The molecule has 0 atom stereocenters. The van der Waals surface area contributed by atoms with Gasteiger partial charge in [-0.25, -0.2) is 4.79 Å². The molecule has 1 aliphatic carbocycles. The highest BCUT2D eigenvalue weighted by Gasteiger charge is 2.15. The van der Waals surface area contributed by atoms with E-state index in [-0.39, 0.29) is 6.03 Å². The summed E-state index contributed by atoms with van der Waals surface area (Å²) < 4.78 is 5.30. The van der Waals surface area contributed by atoms with E-state index in [0.29, 0.717) is 12.6 Å². The summed E-state index contributed by atoms with van der Waals surface area (Å²) >= 11 is 0. The van der Waals surface area contributed by atoms with Crippen LogP contribution in [0.15, 0.2) is 24.3 Å². The number of ether oxygens (including phenoxy) is 1. The fraction of sp³-hybridized carbons (Fsp3) is 0.562. The Bertz CT molecular complexity index is 428. The van der Waals surface area contributed by atoms with Gasteiger partial charge in [0.05, 0.1) is 7.11 Å². The van der Waals surface area contributed by atoms with Crippen LogP contribution in [0, 0.1) is 0 Å². The average molecular weight is 276 g/mol. The van der Waals surface area contributed by atoms with E-state index >= 15 is 0 Å². The Morgan fingerprint density at radius 1 is 1.25 bits per heavy atom. The lowest BCUT2D eigenvalue weighted by molar-refractivity contribution is 0.233. The van der Waals surface area contributed by atoms with Gasteiger partial charge in [-0.1, -0.05) is 37.5 Å². The first-order chi connectivity index (χ1) is 9.79. The molecular weight excluding hydrogens is 252 g/mol. The normalized spacial score (nSPS) is 15.7. The van der Waals surface area contributed by atoms with E-state index in [9.17, 15) is 4.79 Å². The third kappa shape index (κ3) is 4.44. The van der Waals surface area contributed by atoms with E-state index in [1.165, 1.54) is 19.3 Å². The van der Waals surface area contributed by atoms with Crippen LogP contribution in [0.5, 0.6) is 5.75 Å². The van der Waals surface area contributed by atoms with Gasteiger partial charge in [0, 0.05) is 12.6 Å². The third-order valence-corrected chi connectivity index (χ3v) is 3.81. The summed E-state index contributed by atoms with van der Waals surface area (Å²) in [4.78, 5) is 11.8. The molecule has 0 spiro atoms. The first kappa shape index (κ1) is 14.7. The van der Waals surface area contributed by atoms with Gasteiger partial charge in [0.25, 0.3) is 0 Å². The molecule has 0 radical (unpaired) electrons. The monoisotopic (exact) mass is 276 g/mol. The molecule has 0 unspecified atom stereocenters. The molecule has 1 aromatic rings. The van der Waals surface area contributed by atoms with Crippen LogP contribution in [-0.4, -0.2) is 25.7 Å². The zero-order chi connectivity index (χ0) is 14.2. The average Bonchev–Trinajstić information content (AvgIpc) is 2.49. The van der Waals surface area contributed by atoms with Crippen molar-refractivity contribution in [2.75, 3.05) is 13.7 Å². The highest BCUT2D eigenvalue weighted by atomic mass is 16.5. The zero-order valence-electron chi connectivity index (χ0n) is 12.2. The van der Waals surface area contributed by atoms with E-state index in [1.807, 2.05) is 24.3 Å². The molecule has 0 bridgehead atoms. The predicted molar refractivity (Wildman–Crippen MR) is 80.1 cm³/mol. The molecule has 0 heterocycles. The molecule has 4 heteroatoms. The van der Waals surface area contributed by atoms with Crippen LogP contribution >= 0.6 is 0 Å². The Balaban J connectivity index is 1.70. The molecule has 1 aliphatic rings. The molecule has 4 nitrogen and oxygen atoms in total. The van der Waals surface area contributed by atoms with Crippen molar-refractivity contribution in [2.24, 2.45) is 0 Å². The number of para-hydroxylation sites is 1. The molecule has 1 aromatic carbocycles. The van der Waals surface area contributed by atoms with Gasteiger partial charge in [0.2, 0.25) is 0 Å². The van der Waals surface area contributed by atoms with Crippen LogP contribution < -0.4 is 15.4 Å². The van der Waals surface area contributed by atoms with Crippen LogP contribution in [0.1, 0.15) is 37.7 Å². The largest absolute Gasteiger partial charge is 0.496 e. The highest BCUT2D eigenvalue weighted by molar-refractivity contribution is 5.74. The molecule has 1 fully saturated rings. The molecule has 0 aliphatic heterocycles. The van der Waals surface area contributed by atoms with Gasteiger partial charge in [-0.3, -0.25) is 0 Å². The molecule has 20 heavy (non-hydrogen) atoms. The topological polar surface area (TPSA) is 50.4 Å². The summed E-state index contributed by atoms with van der Waals surface area (Å²) in [6, 6.07) is 8.21. The van der Waals surface area contributed by atoms with Crippen LogP contribution in [0.25, 0.3) is 0 Å². The molecule has 2 rings (SSSR count). The van der Waals surface area contributed by atoms with Crippen molar-refractivity contribution in [3.05, 3.63) is 29.8 Å². The Hall–Kier alpha value is -1.71. The highest BCUT2D eigenvalue weighted by Crippen LogP contribution is 2.18. The van der Waals surface area contributed by atoms with Crippen LogP contribution in [-0.2, 0) is 6.42 Å². The number of benzene rings is 1. The number of rotatable bonds is 5. The van der Waals surface area contributed by atoms with Crippen molar-refractivity contribution in [1.29, 1.82) is 0 Å². The number of hydrogen-bond acceptors (Lipinski definition) is 2. The van der Waals surface area contributed by atoms with Crippen LogP contribution in [0.3, 0.4) is 0 Å². The van der Waals surface area contributed by atoms with Gasteiger partial charge >= 0.3 is 6.03 Å². The summed E-state index contributed by atoms with van der Waals surface area (Å²) in [5.74, 6) is 0.877. The molecule has 110 valence electrons. The minimum atomic E-state index is -0.0493. The maximum absolute atomic E-state index is 11.8. The Morgan fingerprint density at radius 3 is 2.75 bits per heavy atom. The number of urea groups is 1. The predicted octanol–water partition coefficient (Wildman–Crippen LogP) is 2.87. The van der Waals surface area contributed by atoms with Crippen LogP contribution in [0.4, 0.5) is 4.79 Å². The lowest BCUT2D eigenvalue weighted by Crippen LogP contribution is -2.43. The van der Waals surface area contributed by atoms with Gasteiger partial charge < -0.3 is 15.4 Å². The fourth-order valence-corrected chi connectivity index (χ4v) is 2.70. The van der Waals surface area contributed by atoms with Gasteiger partial charge in [-0.15, -0.1) is 0 Å². The number of methoxy groups -OCH3 is 1. The van der Waals surface area contributed by atoms with Crippen molar-refractivity contribution >= 4 is 6.03 Å². The summed E-state index contributed by atoms with van der Waals surface area (Å²) in [7, 11) is 1.67. The molecule has 0 saturated heterocycles. The Morgan fingerprint density at radius 2 is 2.00 bits per heavy atom. The zero-order valence-corrected chi connectivity index (χ0v) is 12.2. The maximum atomic E-state index is 11.8. The minimum Gasteiger partial charge on any atom is -0.496 e. The quantitative estimate of drug-likeness (QED) is 0.869. The number of carbonyl (C=O) groups excluding carboxylic acids is 1. The SMILES string of the molecule is COc1ccccc1CCNC(=O)NC1CCCCC1. The van der Waals surface area contributed by atoms with E-state index in [4.69, 9.17) is 4.74 Å². The Kier molecular flexibility index (Phi) is 5.71. The first-order valence-electron chi connectivity index (χ1n) is 7.46. The van der Waals surface area contributed by atoms with Gasteiger partial charge in [0.1, 0.15) is 5.75 Å². The summed E-state index contributed by atoms with van der Waals surface area (Å²) in [6.45, 7) is 0.624.